The van der Waals surface area contributed by atoms with Gasteiger partial charge in [-0.15, -0.1) is 0 Å². The average molecular weight is 300 g/mol. The van der Waals surface area contributed by atoms with Crippen LogP contribution in [-0.4, -0.2) is 42.4 Å². The van der Waals surface area contributed by atoms with Crippen LogP contribution in [0.3, 0.4) is 0 Å². The van der Waals surface area contributed by atoms with Gasteiger partial charge < -0.3 is 20.1 Å². The minimum absolute atomic E-state index is 0.0884. The van der Waals surface area contributed by atoms with Crippen molar-refractivity contribution in [3.8, 4) is 5.88 Å². The fraction of sp³-hybridized carbons (Fsp3) is 0.500. The van der Waals surface area contributed by atoms with Gasteiger partial charge in [-0.25, -0.2) is 9.97 Å². The number of hydrogen-bond donors (Lipinski definition) is 1. The number of nitrogens with two attached hydrogens (primary N) is 1. The number of hydrogen-bond acceptors (Lipinski definition) is 6. The van der Waals surface area contributed by atoms with E-state index in [2.05, 4.69) is 24.0 Å². The molecule has 116 valence electrons. The molecular weight excluding hydrogens is 280 g/mol. The third-order valence-electron chi connectivity index (χ3n) is 4.30. The van der Waals surface area contributed by atoms with Crippen molar-refractivity contribution in [1.82, 2.24) is 9.97 Å². The Morgan fingerprint density at radius 2 is 2.18 bits per heavy atom. The van der Waals surface area contributed by atoms with E-state index >= 15 is 0 Å². The molecule has 3 heterocycles. The molecule has 2 atom stereocenters. The van der Waals surface area contributed by atoms with E-state index in [0.717, 1.165) is 34.5 Å². The van der Waals surface area contributed by atoms with Crippen LogP contribution in [0.25, 0.3) is 11.0 Å². The van der Waals surface area contributed by atoms with Crippen LogP contribution in [0.4, 0.5) is 5.82 Å². The van der Waals surface area contributed by atoms with E-state index < -0.39 is 0 Å². The minimum Gasteiger partial charge on any atom is -0.473 e. The SMILES string of the molecule is Cc1cc([C@@H](C)N)c2nc3c(nc2c1)N1CCOC[C@H]1CO3. The summed E-state index contributed by atoms with van der Waals surface area (Å²) in [5.74, 6) is 1.43. The Morgan fingerprint density at radius 3 is 3.00 bits per heavy atom. The van der Waals surface area contributed by atoms with Crippen molar-refractivity contribution in [1.29, 1.82) is 0 Å². The Labute approximate surface area is 129 Å². The molecular formula is C16H20N4O2. The lowest BCUT2D eigenvalue weighted by Crippen LogP contribution is -2.51. The van der Waals surface area contributed by atoms with E-state index in [9.17, 15) is 0 Å². The first-order valence-corrected chi connectivity index (χ1v) is 7.68. The smallest absolute Gasteiger partial charge is 0.258 e. The third-order valence-corrected chi connectivity index (χ3v) is 4.30. The van der Waals surface area contributed by atoms with E-state index in [1.54, 1.807) is 0 Å². The number of anilines is 1. The fourth-order valence-electron chi connectivity index (χ4n) is 3.19. The summed E-state index contributed by atoms with van der Waals surface area (Å²) in [4.78, 5) is 11.8. The molecule has 6 heteroatoms. The van der Waals surface area contributed by atoms with E-state index in [-0.39, 0.29) is 12.1 Å². The van der Waals surface area contributed by atoms with Gasteiger partial charge in [0.05, 0.1) is 30.3 Å². The summed E-state index contributed by atoms with van der Waals surface area (Å²) in [6.07, 6.45) is 0. The number of nitrogens with zero attached hydrogens (tertiary/aromatic N) is 3. The van der Waals surface area contributed by atoms with Crippen molar-refractivity contribution in [2.24, 2.45) is 5.73 Å². The Kier molecular flexibility index (Phi) is 3.16. The van der Waals surface area contributed by atoms with Crippen LogP contribution in [0, 0.1) is 6.92 Å². The molecule has 1 aromatic heterocycles. The zero-order valence-corrected chi connectivity index (χ0v) is 12.9. The highest BCUT2D eigenvalue weighted by molar-refractivity contribution is 5.82. The topological polar surface area (TPSA) is 73.5 Å². The molecule has 0 bridgehead atoms. The van der Waals surface area contributed by atoms with Gasteiger partial charge in [-0.1, -0.05) is 6.07 Å². The average Bonchev–Trinajstić information content (AvgIpc) is 2.52. The number of aromatic nitrogens is 2. The second kappa shape index (κ2) is 5.07. The summed E-state index contributed by atoms with van der Waals surface area (Å²) in [6.45, 7) is 6.83. The zero-order valence-electron chi connectivity index (χ0n) is 12.9. The minimum atomic E-state index is -0.0884. The second-order valence-corrected chi connectivity index (χ2v) is 6.10. The third kappa shape index (κ3) is 2.10. The number of fused-ring (bicyclic) bond motifs is 4. The molecule has 0 spiro atoms. The summed E-state index contributed by atoms with van der Waals surface area (Å²) in [7, 11) is 0. The lowest BCUT2D eigenvalue weighted by Gasteiger charge is -2.39. The van der Waals surface area contributed by atoms with Crippen molar-refractivity contribution in [2.45, 2.75) is 25.9 Å². The molecule has 0 amide bonds. The van der Waals surface area contributed by atoms with Crippen LogP contribution in [0.2, 0.25) is 0 Å². The normalized spacial score (nSPS) is 22.0. The fourth-order valence-corrected chi connectivity index (χ4v) is 3.19. The Morgan fingerprint density at radius 1 is 1.32 bits per heavy atom. The monoisotopic (exact) mass is 300 g/mol. The van der Waals surface area contributed by atoms with Gasteiger partial charge in [0.15, 0.2) is 5.82 Å². The highest BCUT2D eigenvalue weighted by atomic mass is 16.5. The molecule has 4 rings (SSSR count). The molecule has 0 aliphatic carbocycles. The van der Waals surface area contributed by atoms with Crippen LogP contribution in [0.1, 0.15) is 24.1 Å². The number of ether oxygens (including phenoxy) is 2. The number of benzene rings is 1. The molecule has 0 unspecified atom stereocenters. The molecule has 2 aliphatic rings. The highest BCUT2D eigenvalue weighted by Crippen LogP contribution is 2.35. The number of aryl methyl sites for hydroxylation is 1. The van der Waals surface area contributed by atoms with Gasteiger partial charge in [-0.3, -0.25) is 0 Å². The second-order valence-electron chi connectivity index (χ2n) is 6.10. The van der Waals surface area contributed by atoms with Gasteiger partial charge in [0, 0.05) is 12.6 Å². The van der Waals surface area contributed by atoms with Gasteiger partial charge in [0.25, 0.3) is 5.88 Å². The van der Waals surface area contributed by atoms with Gasteiger partial charge in [-0.2, -0.15) is 0 Å². The summed E-state index contributed by atoms with van der Waals surface area (Å²) in [5.41, 5.74) is 9.97. The maximum absolute atomic E-state index is 6.10. The number of rotatable bonds is 1. The highest BCUT2D eigenvalue weighted by Gasteiger charge is 2.33. The van der Waals surface area contributed by atoms with Crippen LogP contribution in [0.15, 0.2) is 12.1 Å². The van der Waals surface area contributed by atoms with Crippen LogP contribution >= 0.6 is 0 Å². The van der Waals surface area contributed by atoms with Crippen molar-refractivity contribution >= 4 is 16.9 Å². The summed E-state index contributed by atoms with van der Waals surface area (Å²) in [5, 5.41) is 0. The molecule has 1 saturated heterocycles. The summed E-state index contributed by atoms with van der Waals surface area (Å²) in [6, 6.07) is 4.27. The molecule has 1 fully saturated rings. The van der Waals surface area contributed by atoms with Crippen molar-refractivity contribution in [3.05, 3.63) is 23.3 Å². The Hall–Kier alpha value is -1.92. The van der Waals surface area contributed by atoms with Gasteiger partial charge in [-0.05, 0) is 31.0 Å². The first-order valence-electron chi connectivity index (χ1n) is 7.68. The largest absolute Gasteiger partial charge is 0.473 e. The summed E-state index contributed by atoms with van der Waals surface area (Å²) >= 11 is 0. The molecule has 22 heavy (non-hydrogen) atoms. The van der Waals surface area contributed by atoms with Crippen LogP contribution in [-0.2, 0) is 4.74 Å². The molecule has 2 aromatic rings. The van der Waals surface area contributed by atoms with Crippen LogP contribution < -0.4 is 15.4 Å². The molecule has 2 N–H and O–H groups in total. The van der Waals surface area contributed by atoms with E-state index in [1.807, 2.05) is 6.92 Å². The maximum Gasteiger partial charge on any atom is 0.258 e. The lowest BCUT2D eigenvalue weighted by molar-refractivity contribution is 0.0686. The Bertz CT molecular complexity index is 732. The molecule has 6 nitrogen and oxygen atoms in total. The van der Waals surface area contributed by atoms with Gasteiger partial charge in [0.2, 0.25) is 0 Å². The standard InChI is InChI=1S/C16H20N4O2/c1-9-5-12(10(2)17)14-13(6-9)18-15-16(19-14)22-8-11-7-21-4-3-20(11)15/h5-6,10-11H,3-4,7-8,17H2,1-2H3/t10-,11+/m1/s1. The van der Waals surface area contributed by atoms with Crippen LogP contribution in [0.5, 0.6) is 5.88 Å². The van der Waals surface area contributed by atoms with Crippen molar-refractivity contribution in [3.63, 3.8) is 0 Å². The Balaban J connectivity index is 1.90. The van der Waals surface area contributed by atoms with Gasteiger partial charge >= 0.3 is 0 Å². The lowest BCUT2D eigenvalue weighted by atomic mass is 10.0. The quantitative estimate of drug-likeness (QED) is 0.861. The zero-order chi connectivity index (χ0) is 15.3. The van der Waals surface area contributed by atoms with E-state index in [4.69, 9.17) is 25.2 Å². The van der Waals surface area contributed by atoms with E-state index in [1.165, 1.54) is 0 Å². The predicted molar refractivity (Wildman–Crippen MR) is 84.3 cm³/mol. The predicted octanol–water partition coefficient (Wildman–Crippen LogP) is 1.56. The van der Waals surface area contributed by atoms with Crippen molar-refractivity contribution < 1.29 is 9.47 Å². The molecule has 0 radical (unpaired) electrons. The molecule has 0 saturated carbocycles. The van der Waals surface area contributed by atoms with E-state index in [0.29, 0.717) is 25.7 Å². The first kappa shape index (κ1) is 13.7. The first-order chi connectivity index (χ1) is 10.6. The number of morpholine rings is 1. The van der Waals surface area contributed by atoms with Gasteiger partial charge in [0.1, 0.15) is 6.61 Å². The molecule has 1 aromatic carbocycles. The summed E-state index contributed by atoms with van der Waals surface area (Å²) < 4.78 is 11.4. The van der Waals surface area contributed by atoms with Crippen molar-refractivity contribution in [2.75, 3.05) is 31.3 Å². The molecule has 2 aliphatic heterocycles. The maximum atomic E-state index is 6.10.